The van der Waals surface area contributed by atoms with Crippen LogP contribution < -0.4 is 5.32 Å². The van der Waals surface area contributed by atoms with E-state index in [-0.39, 0.29) is 18.5 Å². The maximum Gasteiger partial charge on any atom is 0.419 e. The minimum absolute atomic E-state index is 0.0810. The van der Waals surface area contributed by atoms with Crippen molar-refractivity contribution in [2.45, 2.75) is 25.6 Å². The third kappa shape index (κ3) is 3.37. The van der Waals surface area contributed by atoms with E-state index in [0.29, 0.717) is 6.42 Å². The molecule has 90 valence electrons. The highest BCUT2D eigenvalue weighted by atomic mass is 19.4. The molecule has 0 fully saturated rings. The summed E-state index contributed by atoms with van der Waals surface area (Å²) < 4.78 is 37.7. The fourth-order valence-electron chi connectivity index (χ4n) is 1.25. The molecule has 1 rings (SSSR count). The first-order valence-electron chi connectivity index (χ1n) is 4.84. The summed E-state index contributed by atoms with van der Waals surface area (Å²) in [5, 5.41) is 11.3. The summed E-state index contributed by atoms with van der Waals surface area (Å²) in [6.45, 7) is 1.60. The van der Waals surface area contributed by atoms with Gasteiger partial charge in [-0.2, -0.15) is 13.2 Å². The van der Waals surface area contributed by atoms with Crippen molar-refractivity contribution in [2.75, 3.05) is 11.9 Å². The van der Waals surface area contributed by atoms with Gasteiger partial charge in [0, 0.05) is 18.8 Å². The molecule has 0 saturated carbocycles. The molecule has 3 nitrogen and oxygen atoms in total. The van der Waals surface area contributed by atoms with E-state index in [9.17, 15) is 13.2 Å². The van der Waals surface area contributed by atoms with E-state index in [4.69, 9.17) is 5.11 Å². The zero-order valence-corrected chi connectivity index (χ0v) is 8.75. The number of aliphatic hydroxyl groups excluding tert-OH is 1. The van der Waals surface area contributed by atoms with E-state index in [0.717, 1.165) is 6.07 Å². The van der Waals surface area contributed by atoms with Crippen molar-refractivity contribution in [1.29, 1.82) is 0 Å². The maximum atomic E-state index is 12.6. The molecule has 1 unspecified atom stereocenters. The smallest absolute Gasteiger partial charge is 0.396 e. The Morgan fingerprint density at radius 1 is 1.50 bits per heavy atom. The number of pyridine rings is 1. The van der Waals surface area contributed by atoms with Gasteiger partial charge in [0.2, 0.25) is 0 Å². The molecule has 0 aliphatic heterocycles. The Labute approximate surface area is 91.3 Å². The summed E-state index contributed by atoms with van der Waals surface area (Å²) in [6, 6.07) is 1.95. The van der Waals surface area contributed by atoms with Gasteiger partial charge in [-0.25, -0.2) is 4.98 Å². The Morgan fingerprint density at radius 3 is 2.75 bits per heavy atom. The van der Waals surface area contributed by atoms with Gasteiger partial charge in [-0.15, -0.1) is 0 Å². The number of hydrogen-bond acceptors (Lipinski definition) is 3. The third-order valence-corrected chi connectivity index (χ3v) is 2.06. The second-order valence-electron chi connectivity index (χ2n) is 3.45. The van der Waals surface area contributed by atoms with E-state index in [1.165, 1.54) is 12.3 Å². The minimum Gasteiger partial charge on any atom is -0.396 e. The van der Waals surface area contributed by atoms with Crippen LogP contribution in [0.5, 0.6) is 0 Å². The van der Waals surface area contributed by atoms with Crippen LogP contribution in [0.2, 0.25) is 0 Å². The molecule has 1 atom stereocenters. The normalized spacial score (nSPS) is 13.6. The van der Waals surface area contributed by atoms with Gasteiger partial charge < -0.3 is 10.4 Å². The number of anilines is 1. The number of rotatable bonds is 4. The molecule has 1 aromatic rings. The van der Waals surface area contributed by atoms with Gasteiger partial charge in [0.25, 0.3) is 0 Å². The van der Waals surface area contributed by atoms with Gasteiger partial charge in [-0.3, -0.25) is 0 Å². The van der Waals surface area contributed by atoms with Gasteiger partial charge >= 0.3 is 6.18 Å². The van der Waals surface area contributed by atoms with Crippen LogP contribution in [0.15, 0.2) is 18.3 Å². The van der Waals surface area contributed by atoms with Crippen LogP contribution in [-0.2, 0) is 6.18 Å². The fraction of sp³-hybridized carbons (Fsp3) is 0.500. The molecule has 2 N–H and O–H groups in total. The molecule has 0 bridgehead atoms. The summed E-state index contributed by atoms with van der Waals surface area (Å²) >= 11 is 0. The van der Waals surface area contributed by atoms with Crippen molar-refractivity contribution >= 4 is 5.82 Å². The van der Waals surface area contributed by atoms with E-state index in [1.54, 1.807) is 6.92 Å². The molecule has 16 heavy (non-hydrogen) atoms. The van der Waals surface area contributed by atoms with Gasteiger partial charge in [0.1, 0.15) is 5.82 Å². The largest absolute Gasteiger partial charge is 0.419 e. The molecule has 0 radical (unpaired) electrons. The third-order valence-electron chi connectivity index (χ3n) is 2.06. The van der Waals surface area contributed by atoms with Crippen LogP contribution in [-0.4, -0.2) is 22.7 Å². The summed E-state index contributed by atoms with van der Waals surface area (Å²) in [5.41, 5.74) is -0.792. The molecule has 0 aromatic carbocycles. The first-order valence-corrected chi connectivity index (χ1v) is 4.84. The lowest BCUT2D eigenvalue weighted by molar-refractivity contribution is -0.137. The van der Waals surface area contributed by atoms with Crippen LogP contribution in [0.4, 0.5) is 19.0 Å². The number of alkyl halides is 3. The lowest BCUT2D eigenvalue weighted by Gasteiger charge is -2.17. The number of hydrogen-bond donors (Lipinski definition) is 2. The number of nitrogens with zero attached hydrogens (tertiary/aromatic N) is 1. The van der Waals surface area contributed by atoms with Gasteiger partial charge in [-0.1, -0.05) is 0 Å². The van der Waals surface area contributed by atoms with Gasteiger partial charge in [-0.05, 0) is 25.5 Å². The molecule has 0 aliphatic rings. The van der Waals surface area contributed by atoms with Crippen LogP contribution in [0, 0.1) is 0 Å². The lowest BCUT2D eigenvalue weighted by Crippen LogP contribution is -2.20. The van der Waals surface area contributed by atoms with Crippen LogP contribution in [0.1, 0.15) is 18.9 Å². The zero-order valence-electron chi connectivity index (χ0n) is 8.75. The highest BCUT2D eigenvalue weighted by Crippen LogP contribution is 2.33. The molecule has 1 heterocycles. The molecule has 0 spiro atoms. The van der Waals surface area contributed by atoms with Crippen molar-refractivity contribution in [3.05, 3.63) is 23.9 Å². The van der Waals surface area contributed by atoms with Crippen molar-refractivity contribution in [3.8, 4) is 0 Å². The average molecular weight is 234 g/mol. The topological polar surface area (TPSA) is 45.1 Å². The van der Waals surface area contributed by atoms with E-state index in [1.807, 2.05) is 0 Å². The Balaban J connectivity index is 2.87. The monoisotopic (exact) mass is 234 g/mol. The number of nitrogens with one attached hydrogen (secondary N) is 1. The fourth-order valence-corrected chi connectivity index (χ4v) is 1.25. The Morgan fingerprint density at radius 2 is 2.19 bits per heavy atom. The maximum absolute atomic E-state index is 12.6. The van der Waals surface area contributed by atoms with Crippen LogP contribution in [0.3, 0.4) is 0 Å². The van der Waals surface area contributed by atoms with E-state index >= 15 is 0 Å². The van der Waals surface area contributed by atoms with Crippen molar-refractivity contribution in [3.63, 3.8) is 0 Å². The quantitative estimate of drug-likeness (QED) is 0.840. The van der Waals surface area contributed by atoms with Crippen LogP contribution in [0.25, 0.3) is 0 Å². The Kier molecular flexibility index (Phi) is 4.12. The predicted molar refractivity (Wildman–Crippen MR) is 54.0 cm³/mol. The van der Waals surface area contributed by atoms with Crippen molar-refractivity contribution < 1.29 is 18.3 Å². The molecule has 0 aliphatic carbocycles. The SMILES string of the molecule is CC(CCO)Nc1ncccc1C(F)(F)F. The summed E-state index contributed by atoms with van der Waals surface area (Å²) in [5.74, 6) is -0.198. The van der Waals surface area contributed by atoms with E-state index < -0.39 is 11.7 Å². The second-order valence-corrected chi connectivity index (χ2v) is 3.45. The van der Waals surface area contributed by atoms with Crippen LogP contribution >= 0.6 is 0 Å². The summed E-state index contributed by atoms with van der Waals surface area (Å²) in [7, 11) is 0. The number of halogens is 3. The Bertz CT molecular complexity index is 341. The van der Waals surface area contributed by atoms with Crippen molar-refractivity contribution in [2.24, 2.45) is 0 Å². The van der Waals surface area contributed by atoms with E-state index in [2.05, 4.69) is 10.3 Å². The highest BCUT2D eigenvalue weighted by molar-refractivity contribution is 5.46. The molecular formula is C10H13F3N2O. The lowest BCUT2D eigenvalue weighted by atomic mass is 10.2. The Hall–Kier alpha value is -1.30. The summed E-state index contributed by atoms with van der Waals surface area (Å²) in [6.07, 6.45) is -2.76. The zero-order chi connectivity index (χ0) is 12.2. The molecule has 6 heteroatoms. The molecule has 0 amide bonds. The predicted octanol–water partition coefficient (Wildman–Crippen LogP) is 2.28. The van der Waals surface area contributed by atoms with Crippen molar-refractivity contribution in [1.82, 2.24) is 4.98 Å². The highest BCUT2D eigenvalue weighted by Gasteiger charge is 2.34. The molecule has 1 aromatic heterocycles. The number of aliphatic hydroxyl groups is 1. The standard InChI is InChI=1S/C10H13F3N2O/c1-7(4-6-16)15-9-8(10(11,12)13)3-2-5-14-9/h2-3,5,7,16H,4,6H2,1H3,(H,14,15). The first kappa shape index (κ1) is 12.8. The first-order chi connectivity index (χ1) is 7.45. The number of aromatic nitrogens is 1. The summed E-state index contributed by atoms with van der Waals surface area (Å²) in [4.78, 5) is 3.65. The average Bonchev–Trinajstić information content (AvgIpc) is 2.17. The molecular weight excluding hydrogens is 221 g/mol. The van der Waals surface area contributed by atoms with Gasteiger partial charge in [0.15, 0.2) is 0 Å². The van der Waals surface area contributed by atoms with Gasteiger partial charge in [0.05, 0.1) is 5.56 Å². The second kappa shape index (κ2) is 5.16. The minimum atomic E-state index is -4.42. The molecule has 0 saturated heterocycles.